The number of aromatic nitrogens is 3. The van der Waals surface area contributed by atoms with Gasteiger partial charge in [0.25, 0.3) is 0 Å². The summed E-state index contributed by atoms with van der Waals surface area (Å²) in [6, 6.07) is 17.6. The summed E-state index contributed by atoms with van der Waals surface area (Å²) in [7, 11) is 0. The van der Waals surface area contributed by atoms with Gasteiger partial charge in [0.2, 0.25) is 6.41 Å². The van der Waals surface area contributed by atoms with E-state index >= 15 is 0 Å². The Morgan fingerprint density at radius 2 is 1.86 bits per heavy atom. The topological polar surface area (TPSA) is 73.9 Å². The SMILES string of the molecule is CC(C)(C)c1ccc(N(C=O)c2cccnc2Nc2ccc3cn[nH]c3c2)cc1. The molecule has 0 unspecified atom stereocenters. The zero-order valence-corrected chi connectivity index (χ0v) is 16.7. The standard InChI is InChI=1S/C23H23N5O/c1-23(2,3)17-7-10-19(11-8-17)28(15-29)21-5-4-12-24-22(21)26-18-9-6-16-14-25-27-20(16)13-18/h4-15H,1-3H3,(H,24,26)(H,25,27). The number of H-pyrrole nitrogens is 1. The number of benzene rings is 2. The molecule has 6 heteroatoms. The van der Waals surface area contributed by atoms with Crippen LogP contribution in [0.15, 0.2) is 67.0 Å². The van der Waals surface area contributed by atoms with Gasteiger partial charge in [-0.25, -0.2) is 4.98 Å². The molecule has 0 saturated carbocycles. The van der Waals surface area contributed by atoms with Crippen LogP contribution in [0.2, 0.25) is 0 Å². The van der Waals surface area contributed by atoms with E-state index in [9.17, 15) is 4.79 Å². The Balaban J connectivity index is 1.67. The largest absolute Gasteiger partial charge is 0.338 e. The molecule has 2 N–H and O–H groups in total. The number of hydrogen-bond donors (Lipinski definition) is 2. The molecule has 0 bridgehead atoms. The molecular formula is C23H23N5O. The quantitative estimate of drug-likeness (QED) is 0.458. The minimum atomic E-state index is 0.0525. The van der Waals surface area contributed by atoms with Gasteiger partial charge in [-0.3, -0.25) is 14.8 Å². The predicted molar refractivity (Wildman–Crippen MR) is 117 cm³/mol. The molecule has 0 aliphatic rings. The Bertz CT molecular complexity index is 1140. The van der Waals surface area contributed by atoms with Gasteiger partial charge in [-0.2, -0.15) is 5.10 Å². The summed E-state index contributed by atoms with van der Waals surface area (Å²) in [5.41, 5.74) is 4.51. The van der Waals surface area contributed by atoms with Crippen LogP contribution in [0.1, 0.15) is 26.3 Å². The van der Waals surface area contributed by atoms with Crippen LogP contribution < -0.4 is 10.2 Å². The maximum absolute atomic E-state index is 12.0. The van der Waals surface area contributed by atoms with Crippen molar-refractivity contribution >= 4 is 40.2 Å². The molecule has 0 aliphatic carbocycles. The number of fused-ring (bicyclic) bond motifs is 1. The number of nitrogens with one attached hydrogen (secondary N) is 2. The van der Waals surface area contributed by atoms with Crippen molar-refractivity contribution in [3.63, 3.8) is 0 Å². The van der Waals surface area contributed by atoms with E-state index in [4.69, 9.17) is 0 Å². The van der Waals surface area contributed by atoms with Gasteiger partial charge in [0, 0.05) is 23.0 Å². The van der Waals surface area contributed by atoms with Gasteiger partial charge in [0.15, 0.2) is 5.82 Å². The van der Waals surface area contributed by atoms with E-state index in [1.54, 1.807) is 17.3 Å². The molecule has 0 aliphatic heterocycles. The summed E-state index contributed by atoms with van der Waals surface area (Å²) in [5.74, 6) is 0.596. The molecule has 6 nitrogen and oxygen atoms in total. The van der Waals surface area contributed by atoms with Gasteiger partial charge in [0.05, 0.1) is 17.4 Å². The van der Waals surface area contributed by atoms with Crippen LogP contribution >= 0.6 is 0 Å². The van der Waals surface area contributed by atoms with E-state index in [-0.39, 0.29) is 5.41 Å². The molecule has 146 valence electrons. The Labute approximate surface area is 169 Å². The van der Waals surface area contributed by atoms with Crippen molar-refractivity contribution in [2.45, 2.75) is 26.2 Å². The number of hydrogen-bond acceptors (Lipinski definition) is 4. The third kappa shape index (κ3) is 3.82. The fraction of sp³-hybridized carbons (Fsp3) is 0.174. The second-order valence-electron chi connectivity index (χ2n) is 7.94. The molecule has 0 radical (unpaired) electrons. The monoisotopic (exact) mass is 385 g/mol. The van der Waals surface area contributed by atoms with Crippen molar-refractivity contribution in [3.05, 3.63) is 72.6 Å². The van der Waals surface area contributed by atoms with Crippen LogP contribution in [-0.4, -0.2) is 21.6 Å². The summed E-state index contributed by atoms with van der Waals surface area (Å²) in [6.45, 7) is 6.50. The lowest BCUT2D eigenvalue weighted by Gasteiger charge is -2.23. The maximum atomic E-state index is 12.0. The van der Waals surface area contributed by atoms with Crippen LogP contribution in [0.3, 0.4) is 0 Å². The molecule has 4 aromatic rings. The summed E-state index contributed by atoms with van der Waals surface area (Å²) in [6.07, 6.45) is 4.29. The molecule has 2 heterocycles. The van der Waals surface area contributed by atoms with Crippen LogP contribution in [-0.2, 0) is 10.2 Å². The van der Waals surface area contributed by atoms with E-state index in [2.05, 4.69) is 53.4 Å². The minimum absolute atomic E-state index is 0.0525. The molecule has 0 saturated heterocycles. The zero-order valence-electron chi connectivity index (χ0n) is 16.7. The first-order valence-corrected chi connectivity index (χ1v) is 9.46. The summed E-state index contributed by atoms with van der Waals surface area (Å²) in [5, 5.41) is 11.4. The van der Waals surface area contributed by atoms with Crippen LogP contribution in [0, 0.1) is 0 Å². The fourth-order valence-corrected chi connectivity index (χ4v) is 3.22. The van der Waals surface area contributed by atoms with Crippen molar-refractivity contribution in [1.29, 1.82) is 0 Å². The van der Waals surface area contributed by atoms with Gasteiger partial charge in [0.1, 0.15) is 0 Å². The highest BCUT2D eigenvalue weighted by Crippen LogP contribution is 2.33. The summed E-state index contributed by atoms with van der Waals surface area (Å²) in [4.78, 5) is 18.0. The molecule has 4 rings (SSSR count). The van der Waals surface area contributed by atoms with Gasteiger partial charge in [-0.15, -0.1) is 0 Å². The molecule has 0 atom stereocenters. The van der Waals surface area contributed by atoms with Gasteiger partial charge in [-0.1, -0.05) is 32.9 Å². The number of aromatic amines is 1. The lowest BCUT2D eigenvalue weighted by Crippen LogP contribution is -2.17. The van der Waals surface area contributed by atoms with Crippen molar-refractivity contribution in [3.8, 4) is 0 Å². The lowest BCUT2D eigenvalue weighted by atomic mass is 9.87. The molecular weight excluding hydrogens is 362 g/mol. The van der Waals surface area contributed by atoms with Gasteiger partial charge >= 0.3 is 0 Å². The van der Waals surface area contributed by atoms with Gasteiger partial charge < -0.3 is 5.32 Å². The number of anilines is 4. The molecule has 29 heavy (non-hydrogen) atoms. The average molecular weight is 385 g/mol. The van der Waals surface area contributed by atoms with E-state index in [0.29, 0.717) is 11.5 Å². The Morgan fingerprint density at radius 3 is 2.59 bits per heavy atom. The van der Waals surface area contributed by atoms with Crippen molar-refractivity contribution in [2.75, 3.05) is 10.2 Å². The predicted octanol–water partition coefficient (Wildman–Crippen LogP) is 5.29. The number of nitrogens with zero attached hydrogens (tertiary/aromatic N) is 3. The van der Waals surface area contributed by atoms with Gasteiger partial charge in [-0.05, 0) is 53.4 Å². The molecule has 0 spiro atoms. The van der Waals surface area contributed by atoms with Crippen LogP contribution in [0.5, 0.6) is 0 Å². The van der Waals surface area contributed by atoms with E-state index < -0.39 is 0 Å². The number of rotatable bonds is 5. The fourth-order valence-electron chi connectivity index (χ4n) is 3.22. The van der Waals surface area contributed by atoms with E-state index in [0.717, 1.165) is 28.7 Å². The highest BCUT2D eigenvalue weighted by Gasteiger charge is 2.17. The Hall–Kier alpha value is -3.67. The maximum Gasteiger partial charge on any atom is 0.218 e. The molecule has 2 aromatic carbocycles. The normalized spacial score (nSPS) is 11.4. The van der Waals surface area contributed by atoms with Crippen molar-refractivity contribution in [1.82, 2.24) is 15.2 Å². The molecule has 0 fully saturated rings. The summed E-state index contributed by atoms with van der Waals surface area (Å²) >= 11 is 0. The first-order chi connectivity index (χ1) is 14.0. The minimum Gasteiger partial charge on any atom is -0.338 e. The third-order valence-corrected chi connectivity index (χ3v) is 4.87. The second-order valence-corrected chi connectivity index (χ2v) is 7.94. The van der Waals surface area contributed by atoms with E-state index in [1.807, 2.05) is 42.5 Å². The van der Waals surface area contributed by atoms with Crippen molar-refractivity contribution in [2.24, 2.45) is 0 Å². The van der Waals surface area contributed by atoms with Crippen LogP contribution in [0.4, 0.5) is 22.9 Å². The lowest BCUT2D eigenvalue weighted by molar-refractivity contribution is -0.106. The first kappa shape index (κ1) is 18.7. The summed E-state index contributed by atoms with van der Waals surface area (Å²) < 4.78 is 0. The highest BCUT2D eigenvalue weighted by atomic mass is 16.1. The Kier molecular flexibility index (Phi) is 4.76. The number of carbonyl (C=O) groups is 1. The number of carbonyl (C=O) groups excluding carboxylic acids is 1. The Morgan fingerprint density at radius 1 is 1.07 bits per heavy atom. The first-order valence-electron chi connectivity index (χ1n) is 9.46. The third-order valence-electron chi connectivity index (χ3n) is 4.87. The molecule has 1 amide bonds. The van der Waals surface area contributed by atoms with Crippen LogP contribution in [0.25, 0.3) is 10.9 Å². The highest BCUT2D eigenvalue weighted by molar-refractivity contribution is 5.92. The average Bonchev–Trinajstić information content (AvgIpc) is 3.17. The zero-order chi connectivity index (χ0) is 20.4. The second kappa shape index (κ2) is 7.39. The van der Waals surface area contributed by atoms with Crippen molar-refractivity contribution < 1.29 is 4.79 Å². The number of amides is 1. The smallest absolute Gasteiger partial charge is 0.218 e. The molecule has 2 aromatic heterocycles. The number of pyridine rings is 1. The van der Waals surface area contributed by atoms with E-state index in [1.165, 1.54) is 5.56 Å².